The monoisotopic (exact) mass is 220 g/mol. The molecule has 14 heavy (non-hydrogen) atoms. The Morgan fingerprint density at radius 3 is 2.93 bits per heavy atom. The van der Waals surface area contributed by atoms with Crippen LogP contribution in [-0.2, 0) is 9.84 Å². The second-order valence-electron chi connectivity index (χ2n) is 3.96. The minimum atomic E-state index is -2.87. The van der Waals surface area contributed by atoms with Crippen LogP contribution in [0.2, 0.25) is 0 Å². The normalized spacial score (nSPS) is 36.9. The van der Waals surface area contributed by atoms with Gasteiger partial charge >= 0.3 is 0 Å². The Kier molecular flexibility index (Phi) is 2.79. The van der Waals surface area contributed by atoms with Crippen LogP contribution in [-0.4, -0.2) is 68.3 Å². The van der Waals surface area contributed by atoms with Gasteiger partial charge in [-0.15, -0.1) is 0 Å². The van der Waals surface area contributed by atoms with Crippen molar-refractivity contribution in [1.82, 2.24) is 10.2 Å². The summed E-state index contributed by atoms with van der Waals surface area (Å²) >= 11 is 0. The van der Waals surface area contributed by atoms with Crippen molar-refractivity contribution in [2.45, 2.75) is 12.1 Å². The summed E-state index contributed by atoms with van der Waals surface area (Å²) in [5.41, 5.74) is 0. The molecule has 82 valence electrons. The number of piperazine rings is 1. The maximum absolute atomic E-state index is 11.4. The number of aliphatic hydroxyl groups excluding tert-OH is 1. The Labute approximate surface area is 84.0 Å². The number of nitrogens with one attached hydrogen (secondary N) is 1. The largest absolute Gasteiger partial charge is 0.395 e. The van der Waals surface area contributed by atoms with Gasteiger partial charge in [-0.2, -0.15) is 0 Å². The molecule has 2 atom stereocenters. The predicted octanol–water partition coefficient (Wildman–Crippen LogP) is -1.95. The summed E-state index contributed by atoms with van der Waals surface area (Å²) in [5.74, 6) is 0.490. The van der Waals surface area contributed by atoms with Crippen molar-refractivity contribution >= 4 is 9.84 Å². The Bertz CT molecular complexity index is 302. The number of hydrogen-bond donors (Lipinski definition) is 2. The molecule has 0 aromatic rings. The summed E-state index contributed by atoms with van der Waals surface area (Å²) < 4.78 is 22.8. The van der Waals surface area contributed by atoms with Gasteiger partial charge in [-0.3, -0.25) is 4.90 Å². The first kappa shape index (κ1) is 10.4. The van der Waals surface area contributed by atoms with Gasteiger partial charge in [0.1, 0.15) is 0 Å². The molecule has 0 spiro atoms. The molecule has 2 saturated heterocycles. The zero-order chi connectivity index (χ0) is 10.2. The maximum Gasteiger partial charge on any atom is 0.153 e. The summed E-state index contributed by atoms with van der Waals surface area (Å²) in [7, 11) is -2.87. The van der Waals surface area contributed by atoms with E-state index in [1.54, 1.807) is 0 Å². The highest BCUT2D eigenvalue weighted by Gasteiger charge is 2.42. The topological polar surface area (TPSA) is 69.6 Å². The molecular formula is C8H16N2O3S. The maximum atomic E-state index is 11.4. The van der Waals surface area contributed by atoms with Gasteiger partial charge in [0.25, 0.3) is 0 Å². The standard InChI is InChI=1S/C8H16N2O3S/c11-4-3-10-2-1-9-7-5-14(12,13)6-8(7)10/h7-9,11H,1-6H2/t7-,8+/m1/s1. The van der Waals surface area contributed by atoms with Crippen molar-refractivity contribution in [3.05, 3.63) is 0 Å². The molecule has 2 fully saturated rings. The second kappa shape index (κ2) is 3.77. The average Bonchev–Trinajstić information content (AvgIpc) is 2.41. The highest BCUT2D eigenvalue weighted by molar-refractivity contribution is 7.91. The summed E-state index contributed by atoms with van der Waals surface area (Å²) in [6.07, 6.45) is 0. The van der Waals surface area contributed by atoms with E-state index in [2.05, 4.69) is 10.2 Å². The van der Waals surface area contributed by atoms with E-state index in [-0.39, 0.29) is 30.2 Å². The molecule has 0 unspecified atom stereocenters. The van der Waals surface area contributed by atoms with E-state index in [0.29, 0.717) is 6.54 Å². The summed E-state index contributed by atoms with van der Waals surface area (Å²) in [4.78, 5) is 2.08. The smallest absolute Gasteiger partial charge is 0.153 e. The molecule has 2 N–H and O–H groups in total. The molecule has 0 aliphatic carbocycles. The molecule has 2 heterocycles. The van der Waals surface area contributed by atoms with Gasteiger partial charge in [0, 0.05) is 31.7 Å². The number of rotatable bonds is 2. The van der Waals surface area contributed by atoms with Crippen molar-refractivity contribution in [3.8, 4) is 0 Å². The average molecular weight is 220 g/mol. The van der Waals surface area contributed by atoms with Crippen molar-refractivity contribution < 1.29 is 13.5 Å². The van der Waals surface area contributed by atoms with Crippen molar-refractivity contribution in [2.75, 3.05) is 37.7 Å². The molecular weight excluding hydrogens is 204 g/mol. The predicted molar refractivity (Wildman–Crippen MR) is 52.9 cm³/mol. The zero-order valence-electron chi connectivity index (χ0n) is 8.02. The molecule has 0 radical (unpaired) electrons. The van der Waals surface area contributed by atoms with Crippen LogP contribution >= 0.6 is 0 Å². The fraction of sp³-hybridized carbons (Fsp3) is 1.00. The van der Waals surface area contributed by atoms with Gasteiger partial charge in [-0.25, -0.2) is 8.42 Å². The first-order valence-electron chi connectivity index (χ1n) is 4.91. The minimum Gasteiger partial charge on any atom is -0.395 e. The number of nitrogens with zero attached hydrogens (tertiary/aromatic N) is 1. The molecule has 6 heteroatoms. The van der Waals surface area contributed by atoms with Crippen LogP contribution in [0, 0.1) is 0 Å². The lowest BCUT2D eigenvalue weighted by Crippen LogP contribution is -2.57. The van der Waals surface area contributed by atoms with E-state index in [4.69, 9.17) is 5.11 Å². The van der Waals surface area contributed by atoms with E-state index in [1.165, 1.54) is 0 Å². The van der Waals surface area contributed by atoms with E-state index in [9.17, 15) is 8.42 Å². The lowest BCUT2D eigenvalue weighted by molar-refractivity contribution is 0.119. The quantitative estimate of drug-likeness (QED) is 0.566. The Balaban J connectivity index is 2.10. The summed E-state index contributed by atoms with van der Waals surface area (Å²) in [6.45, 7) is 2.33. The fourth-order valence-electron chi connectivity index (χ4n) is 2.35. The van der Waals surface area contributed by atoms with Crippen molar-refractivity contribution in [2.24, 2.45) is 0 Å². The number of β-amino-alcohol motifs (C(OH)–C–C–N with tert-alkyl or cyclic N) is 1. The third-order valence-electron chi connectivity index (χ3n) is 2.98. The first-order chi connectivity index (χ1) is 6.62. The minimum absolute atomic E-state index is 0.0697. The molecule has 0 saturated carbocycles. The van der Waals surface area contributed by atoms with E-state index in [0.717, 1.165) is 13.1 Å². The lowest BCUT2D eigenvalue weighted by atomic mass is 10.1. The van der Waals surface area contributed by atoms with Crippen LogP contribution in [0.1, 0.15) is 0 Å². The highest BCUT2D eigenvalue weighted by Crippen LogP contribution is 2.20. The number of aliphatic hydroxyl groups is 1. The molecule has 5 nitrogen and oxygen atoms in total. The Morgan fingerprint density at radius 1 is 1.43 bits per heavy atom. The van der Waals surface area contributed by atoms with E-state index < -0.39 is 9.84 Å². The summed E-state index contributed by atoms with van der Waals surface area (Å²) in [5, 5.41) is 12.1. The fourth-order valence-corrected chi connectivity index (χ4v) is 4.34. The third kappa shape index (κ3) is 1.93. The van der Waals surface area contributed by atoms with Crippen LogP contribution in [0.25, 0.3) is 0 Å². The van der Waals surface area contributed by atoms with Gasteiger partial charge in [-0.1, -0.05) is 0 Å². The SMILES string of the molecule is O=S1(=O)C[C@H]2NCCN(CCO)[C@H]2C1. The Hall–Kier alpha value is -0.170. The van der Waals surface area contributed by atoms with Crippen molar-refractivity contribution in [3.63, 3.8) is 0 Å². The second-order valence-corrected chi connectivity index (χ2v) is 6.12. The number of hydrogen-bond acceptors (Lipinski definition) is 5. The zero-order valence-corrected chi connectivity index (χ0v) is 8.83. The van der Waals surface area contributed by atoms with E-state index >= 15 is 0 Å². The third-order valence-corrected chi connectivity index (χ3v) is 4.70. The lowest BCUT2D eigenvalue weighted by Gasteiger charge is -2.36. The molecule has 0 amide bonds. The van der Waals surface area contributed by atoms with Gasteiger partial charge in [0.05, 0.1) is 18.1 Å². The first-order valence-corrected chi connectivity index (χ1v) is 6.73. The summed E-state index contributed by atoms with van der Waals surface area (Å²) in [6, 6.07) is 0.140. The van der Waals surface area contributed by atoms with Gasteiger partial charge < -0.3 is 10.4 Å². The van der Waals surface area contributed by atoms with Crippen LogP contribution in [0.15, 0.2) is 0 Å². The van der Waals surface area contributed by atoms with Gasteiger partial charge in [0.15, 0.2) is 9.84 Å². The Morgan fingerprint density at radius 2 is 2.21 bits per heavy atom. The highest BCUT2D eigenvalue weighted by atomic mass is 32.2. The molecule has 0 bridgehead atoms. The van der Waals surface area contributed by atoms with Gasteiger partial charge in [-0.05, 0) is 0 Å². The molecule has 0 aromatic carbocycles. The molecule has 2 rings (SSSR count). The van der Waals surface area contributed by atoms with Crippen LogP contribution < -0.4 is 5.32 Å². The van der Waals surface area contributed by atoms with Gasteiger partial charge in [0.2, 0.25) is 0 Å². The van der Waals surface area contributed by atoms with Crippen LogP contribution in [0.5, 0.6) is 0 Å². The van der Waals surface area contributed by atoms with Crippen molar-refractivity contribution in [1.29, 1.82) is 0 Å². The number of fused-ring (bicyclic) bond motifs is 1. The number of sulfone groups is 1. The van der Waals surface area contributed by atoms with Crippen LogP contribution in [0.4, 0.5) is 0 Å². The molecule has 2 aliphatic rings. The van der Waals surface area contributed by atoms with Crippen LogP contribution in [0.3, 0.4) is 0 Å². The molecule has 2 aliphatic heterocycles. The molecule has 0 aromatic heterocycles. The van der Waals surface area contributed by atoms with E-state index in [1.807, 2.05) is 0 Å².